The molecule has 0 bridgehead atoms. The van der Waals surface area contributed by atoms with Crippen LogP contribution in [0.5, 0.6) is 0 Å². The van der Waals surface area contributed by atoms with E-state index in [2.05, 4.69) is 0 Å². The second kappa shape index (κ2) is 7.25. The topological polar surface area (TPSA) is 66.6 Å². The Bertz CT molecular complexity index is 668. The van der Waals surface area contributed by atoms with Gasteiger partial charge in [0.05, 0.1) is 5.92 Å². The van der Waals surface area contributed by atoms with E-state index in [1.165, 1.54) is 4.90 Å². The zero-order valence-electron chi connectivity index (χ0n) is 14.0. The van der Waals surface area contributed by atoms with Gasteiger partial charge in [0, 0.05) is 37.8 Å². The van der Waals surface area contributed by atoms with Crippen LogP contribution in [0.15, 0.2) is 18.2 Å². The number of amides is 2. The van der Waals surface area contributed by atoms with Gasteiger partial charge in [-0.3, -0.25) is 9.59 Å². The molecule has 0 spiro atoms. The molecule has 2 aliphatic heterocycles. The van der Waals surface area contributed by atoms with Crippen molar-refractivity contribution in [3.8, 4) is 0 Å². The van der Waals surface area contributed by atoms with Gasteiger partial charge in [-0.2, -0.15) is 0 Å². The van der Waals surface area contributed by atoms with Gasteiger partial charge in [-0.25, -0.2) is 8.78 Å². The zero-order valence-corrected chi connectivity index (χ0v) is 14.8. The van der Waals surface area contributed by atoms with Crippen molar-refractivity contribution in [2.75, 3.05) is 31.1 Å². The van der Waals surface area contributed by atoms with Crippen LogP contribution in [0.25, 0.3) is 0 Å². The Labute approximate surface area is 151 Å². The minimum absolute atomic E-state index is 0. The Morgan fingerprint density at radius 2 is 1.96 bits per heavy atom. The summed E-state index contributed by atoms with van der Waals surface area (Å²) < 4.78 is 26.7. The first-order valence-electron chi connectivity index (χ1n) is 8.07. The lowest BCUT2D eigenvalue weighted by molar-refractivity contribution is -0.135. The van der Waals surface area contributed by atoms with Crippen LogP contribution in [-0.4, -0.2) is 42.9 Å². The highest BCUT2D eigenvalue weighted by molar-refractivity contribution is 6.00. The standard InChI is InChI=1S/C17H21F2N3O2.ClH/c1-17(9-20)2-3-21(10-17)16(24)11-4-15(23)22(8-11)14-6-12(18)5-13(19)7-14;/h5-7,11H,2-4,8-10,20H2,1H3;1H. The normalized spacial score (nSPS) is 26.1. The van der Waals surface area contributed by atoms with Crippen molar-refractivity contribution in [3.05, 3.63) is 29.8 Å². The first-order valence-corrected chi connectivity index (χ1v) is 8.07. The van der Waals surface area contributed by atoms with Gasteiger partial charge in [-0.15, -0.1) is 12.4 Å². The molecule has 25 heavy (non-hydrogen) atoms. The first-order chi connectivity index (χ1) is 11.3. The van der Waals surface area contributed by atoms with E-state index in [1.54, 1.807) is 4.90 Å². The Morgan fingerprint density at radius 1 is 1.32 bits per heavy atom. The summed E-state index contributed by atoms with van der Waals surface area (Å²) >= 11 is 0. The van der Waals surface area contributed by atoms with E-state index in [4.69, 9.17) is 5.73 Å². The Morgan fingerprint density at radius 3 is 2.52 bits per heavy atom. The van der Waals surface area contributed by atoms with Crippen molar-refractivity contribution < 1.29 is 18.4 Å². The highest BCUT2D eigenvalue weighted by Gasteiger charge is 2.41. The lowest BCUT2D eigenvalue weighted by atomic mass is 9.90. The number of halogens is 3. The van der Waals surface area contributed by atoms with Gasteiger partial charge in [-0.1, -0.05) is 6.92 Å². The van der Waals surface area contributed by atoms with E-state index in [-0.39, 0.29) is 48.3 Å². The SMILES string of the molecule is CC1(CN)CCN(C(=O)C2CC(=O)N(c3cc(F)cc(F)c3)C2)C1.Cl. The molecule has 2 unspecified atom stereocenters. The predicted molar refractivity (Wildman–Crippen MR) is 92.4 cm³/mol. The molecule has 8 heteroatoms. The van der Waals surface area contributed by atoms with E-state index in [0.29, 0.717) is 19.6 Å². The quantitative estimate of drug-likeness (QED) is 0.880. The van der Waals surface area contributed by atoms with Crippen molar-refractivity contribution in [1.29, 1.82) is 0 Å². The van der Waals surface area contributed by atoms with Gasteiger partial charge >= 0.3 is 0 Å². The first kappa shape index (κ1) is 19.6. The lowest BCUT2D eigenvalue weighted by Crippen LogP contribution is -2.38. The number of anilines is 1. The van der Waals surface area contributed by atoms with Gasteiger partial charge in [0.1, 0.15) is 11.6 Å². The van der Waals surface area contributed by atoms with Crippen molar-refractivity contribution >= 4 is 29.9 Å². The average molecular weight is 374 g/mol. The monoisotopic (exact) mass is 373 g/mol. The third-order valence-corrected chi connectivity index (χ3v) is 5.00. The Kier molecular flexibility index (Phi) is 5.68. The van der Waals surface area contributed by atoms with Gasteiger partial charge < -0.3 is 15.5 Å². The summed E-state index contributed by atoms with van der Waals surface area (Å²) in [7, 11) is 0. The summed E-state index contributed by atoms with van der Waals surface area (Å²) in [4.78, 5) is 27.9. The molecule has 2 atom stereocenters. The second-order valence-electron chi connectivity index (χ2n) is 7.06. The number of hydrogen-bond donors (Lipinski definition) is 1. The fourth-order valence-corrected chi connectivity index (χ4v) is 3.45. The Hall–Kier alpha value is -1.73. The van der Waals surface area contributed by atoms with Crippen molar-refractivity contribution in [2.45, 2.75) is 19.8 Å². The van der Waals surface area contributed by atoms with Crippen molar-refractivity contribution in [1.82, 2.24) is 4.90 Å². The fraction of sp³-hybridized carbons (Fsp3) is 0.529. The molecule has 2 aliphatic rings. The molecule has 2 N–H and O–H groups in total. The van der Waals surface area contributed by atoms with Gasteiger partial charge in [0.2, 0.25) is 11.8 Å². The van der Waals surface area contributed by atoms with E-state index in [0.717, 1.165) is 24.6 Å². The summed E-state index contributed by atoms with van der Waals surface area (Å²) in [5, 5.41) is 0. The van der Waals surface area contributed by atoms with Crippen LogP contribution in [0.4, 0.5) is 14.5 Å². The highest BCUT2D eigenvalue weighted by Crippen LogP contribution is 2.32. The molecular weight excluding hydrogens is 352 g/mol. The van der Waals surface area contributed by atoms with Crippen molar-refractivity contribution in [2.24, 2.45) is 17.1 Å². The van der Waals surface area contributed by atoms with Crippen molar-refractivity contribution in [3.63, 3.8) is 0 Å². The molecule has 2 fully saturated rings. The van der Waals surface area contributed by atoms with Crippen LogP contribution in [0.1, 0.15) is 19.8 Å². The summed E-state index contributed by atoms with van der Waals surface area (Å²) in [5.74, 6) is -2.35. The zero-order chi connectivity index (χ0) is 17.5. The molecule has 2 amide bonds. The molecule has 2 heterocycles. The number of rotatable bonds is 3. The predicted octanol–water partition coefficient (Wildman–Crippen LogP) is 1.94. The molecule has 0 aliphatic carbocycles. The van der Waals surface area contributed by atoms with Gasteiger partial charge in [-0.05, 0) is 30.5 Å². The molecule has 2 saturated heterocycles. The number of likely N-dealkylation sites (tertiary alicyclic amines) is 1. The van der Waals surface area contributed by atoms with Crippen LogP contribution < -0.4 is 10.6 Å². The van der Waals surface area contributed by atoms with Crippen LogP contribution in [0, 0.1) is 23.0 Å². The number of carbonyl (C=O) groups excluding carboxylic acids is 2. The maximum atomic E-state index is 13.4. The van der Waals surface area contributed by atoms with Crippen LogP contribution >= 0.6 is 12.4 Å². The Balaban J connectivity index is 0.00000225. The molecule has 1 aromatic carbocycles. The number of hydrogen-bond acceptors (Lipinski definition) is 3. The van der Waals surface area contributed by atoms with Crippen LogP contribution in [-0.2, 0) is 9.59 Å². The maximum Gasteiger partial charge on any atom is 0.228 e. The summed E-state index contributed by atoms with van der Waals surface area (Å²) in [6, 6.07) is 2.97. The fourth-order valence-electron chi connectivity index (χ4n) is 3.45. The second-order valence-corrected chi connectivity index (χ2v) is 7.06. The molecule has 0 saturated carbocycles. The molecule has 1 aromatic rings. The van der Waals surface area contributed by atoms with E-state index in [1.807, 2.05) is 6.92 Å². The molecule has 138 valence electrons. The average Bonchev–Trinajstić information content (AvgIpc) is 3.10. The number of nitrogens with two attached hydrogens (primary N) is 1. The molecule has 0 aromatic heterocycles. The molecule has 3 rings (SSSR count). The molecular formula is C17H22ClF2N3O2. The van der Waals surface area contributed by atoms with E-state index < -0.39 is 17.6 Å². The summed E-state index contributed by atoms with van der Waals surface area (Å²) in [5.41, 5.74) is 5.83. The van der Waals surface area contributed by atoms with E-state index in [9.17, 15) is 18.4 Å². The largest absolute Gasteiger partial charge is 0.342 e. The summed E-state index contributed by atoms with van der Waals surface area (Å²) in [6.07, 6.45) is 0.904. The lowest BCUT2D eigenvalue weighted by Gasteiger charge is -2.24. The van der Waals surface area contributed by atoms with E-state index >= 15 is 0 Å². The highest BCUT2D eigenvalue weighted by atomic mass is 35.5. The number of carbonyl (C=O) groups is 2. The van der Waals surface area contributed by atoms with Gasteiger partial charge in [0.25, 0.3) is 0 Å². The summed E-state index contributed by atoms with van der Waals surface area (Å²) in [6.45, 7) is 3.92. The van der Waals surface area contributed by atoms with Gasteiger partial charge in [0.15, 0.2) is 0 Å². The number of nitrogens with zero attached hydrogens (tertiary/aromatic N) is 2. The number of benzene rings is 1. The smallest absolute Gasteiger partial charge is 0.228 e. The maximum absolute atomic E-state index is 13.4. The van der Waals surface area contributed by atoms with Crippen LogP contribution in [0.2, 0.25) is 0 Å². The third kappa shape index (κ3) is 3.93. The third-order valence-electron chi connectivity index (χ3n) is 5.00. The molecule has 0 radical (unpaired) electrons. The van der Waals surface area contributed by atoms with Crippen LogP contribution in [0.3, 0.4) is 0 Å². The minimum Gasteiger partial charge on any atom is -0.342 e. The minimum atomic E-state index is -0.745. The molecule has 5 nitrogen and oxygen atoms in total.